The van der Waals surface area contributed by atoms with E-state index in [2.05, 4.69) is 89.8 Å². The highest BCUT2D eigenvalue weighted by Crippen LogP contribution is 2.50. The molecule has 0 N–H and O–H groups in total. The van der Waals surface area contributed by atoms with Crippen molar-refractivity contribution in [1.82, 2.24) is 0 Å². The molecule has 7 heteroatoms. The third-order valence-electron chi connectivity index (χ3n) is 8.95. The quantitative estimate of drug-likeness (QED) is 0.182. The Morgan fingerprint density at radius 3 is 2.07 bits per heavy atom. The number of hydrogen-bond donors (Lipinski definition) is 0. The molecule has 3 heterocycles. The SMILES string of the molecule is F[B-]1(F)N2C(=Cc3ccc4cc(-c5ccc(N(c6ccccc6)c6ccccc6)c6ccccc56)ccc4[n+]31)Sc1ccccc12. The van der Waals surface area contributed by atoms with Gasteiger partial charge in [-0.05, 0) is 77.2 Å². The Morgan fingerprint density at radius 1 is 0.630 bits per heavy atom. The van der Waals surface area contributed by atoms with E-state index in [0.29, 0.717) is 21.9 Å². The van der Waals surface area contributed by atoms with Crippen LogP contribution in [0.4, 0.5) is 31.4 Å². The van der Waals surface area contributed by atoms with Crippen LogP contribution in [0.3, 0.4) is 0 Å². The number of aromatic nitrogens is 1. The van der Waals surface area contributed by atoms with Gasteiger partial charge < -0.3 is 22.8 Å². The van der Waals surface area contributed by atoms with E-state index >= 15 is 8.63 Å². The van der Waals surface area contributed by atoms with Gasteiger partial charge in [0.15, 0.2) is 11.2 Å². The molecule has 0 fully saturated rings. The van der Waals surface area contributed by atoms with Gasteiger partial charge in [0.2, 0.25) is 0 Å². The summed E-state index contributed by atoms with van der Waals surface area (Å²) in [5.41, 5.74) is 6.81. The summed E-state index contributed by atoms with van der Waals surface area (Å²) in [6.45, 7) is -4.11. The molecule has 7 aromatic rings. The van der Waals surface area contributed by atoms with Crippen LogP contribution in [-0.4, -0.2) is 6.97 Å². The molecule has 0 radical (unpaired) electrons. The van der Waals surface area contributed by atoms with Crippen molar-refractivity contribution in [3.05, 3.63) is 162 Å². The first-order valence-corrected chi connectivity index (χ1v) is 16.1. The van der Waals surface area contributed by atoms with Crippen LogP contribution in [0.1, 0.15) is 5.69 Å². The monoisotopic (exact) mass is 617 g/mol. The van der Waals surface area contributed by atoms with Crippen LogP contribution < -0.4 is 14.2 Å². The van der Waals surface area contributed by atoms with Crippen molar-refractivity contribution < 1.29 is 13.1 Å². The summed E-state index contributed by atoms with van der Waals surface area (Å²) in [4.78, 5) is 4.34. The van der Waals surface area contributed by atoms with Gasteiger partial charge in [-0.1, -0.05) is 90.6 Å². The molecule has 1 aromatic heterocycles. The summed E-state index contributed by atoms with van der Waals surface area (Å²) < 4.78 is 34.2. The average Bonchev–Trinajstić information content (AvgIpc) is 3.48. The van der Waals surface area contributed by atoms with E-state index < -0.39 is 6.97 Å². The van der Waals surface area contributed by atoms with Crippen LogP contribution in [0.2, 0.25) is 0 Å². The van der Waals surface area contributed by atoms with Gasteiger partial charge in [0.25, 0.3) is 0 Å². The molecule has 46 heavy (non-hydrogen) atoms. The van der Waals surface area contributed by atoms with Gasteiger partial charge in [-0.15, -0.1) is 0 Å². The zero-order chi connectivity index (χ0) is 30.8. The summed E-state index contributed by atoms with van der Waals surface area (Å²) in [5.74, 6) is 0. The second-order valence-corrected chi connectivity index (χ2v) is 12.7. The first kappa shape index (κ1) is 27.0. The minimum atomic E-state index is -4.11. The normalized spacial score (nSPS) is 14.5. The average molecular weight is 618 g/mol. The zero-order valence-corrected chi connectivity index (χ0v) is 25.4. The maximum absolute atomic E-state index is 16.5. The molecule has 2 aliphatic rings. The smallest absolute Gasteiger partial charge is 0.389 e. The number of anilines is 4. The largest absolute Gasteiger partial charge is 0.738 e. The van der Waals surface area contributed by atoms with Gasteiger partial charge in [0, 0.05) is 50.9 Å². The van der Waals surface area contributed by atoms with Crippen LogP contribution >= 0.6 is 11.8 Å². The second-order valence-electron chi connectivity index (χ2n) is 11.6. The number of thioether (sulfide) groups is 1. The summed E-state index contributed by atoms with van der Waals surface area (Å²) in [7, 11) is 0. The molecule has 0 unspecified atom stereocenters. The number of halogens is 2. The Hall–Kier alpha value is -5.40. The molecule has 0 bridgehead atoms. The minimum absolute atomic E-state index is 0.508. The molecule has 0 aliphatic carbocycles. The molecule has 2 aliphatic heterocycles. The van der Waals surface area contributed by atoms with Gasteiger partial charge >= 0.3 is 6.97 Å². The van der Waals surface area contributed by atoms with Crippen LogP contribution in [0, 0.1) is 0 Å². The number of hydrogen-bond acceptors (Lipinski definition) is 3. The first-order valence-electron chi connectivity index (χ1n) is 15.3. The number of fused-ring (bicyclic) bond motifs is 7. The number of nitrogens with zero attached hydrogens (tertiary/aromatic N) is 3. The molecule has 6 aromatic carbocycles. The van der Waals surface area contributed by atoms with Gasteiger partial charge in [0.1, 0.15) is 0 Å². The maximum Gasteiger partial charge on any atom is 0.738 e. The van der Waals surface area contributed by atoms with Crippen molar-refractivity contribution in [3.8, 4) is 11.1 Å². The zero-order valence-electron chi connectivity index (χ0n) is 24.6. The third-order valence-corrected chi connectivity index (χ3v) is 10.0. The predicted octanol–water partition coefficient (Wildman–Crippen LogP) is 10.6. The maximum atomic E-state index is 16.5. The van der Waals surface area contributed by atoms with E-state index in [-0.39, 0.29) is 0 Å². The molecule has 3 nitrogen and oxygen atoms in total. The van der Waals surface area contributed by atoms with Crippen molar-refractivity contribution in [2.75, 3.05) is 9.71 Å². The van der Waals surface area contributed by atoms with Crippen molar-refractivity contribution in [1.29, 1.82) is 0 Å². The molecule has 0 spiro atoms. The number of benzene rings is 6. The molecular weight excluding hydrogens is 591 g/mol. The van der Waals surface area contributed by atoms with Gasteiger partial charge in [-0.2, -0.15) is 0 Å². The fourth-order valence-electron chi connectivity index (χ4n) is 6.93. The highest BCUT2D eigenvalue weighted by molar-refractivity contribution is 8.04. The fourth-order valence-corrected chi connectivity index (χ4v) is 8.08. The lowest BCUT2D eigenvalue weighted by molar-refractivity contribution is -0.541. The molecule has 220 valence electrons. The summed E-state index contributed by atoms with van der Waals surface area (Å²) in [6.07, 6.45) is 1.87. The van der Waals surface area contributed by atoms with Crippen LogP contribution in [0.5, 0.6) is 0 Å². The van der Waals surface area contributed by atoms with E-state index in [1.54, 1.807) is 6.07 Å². The van der Waals surface area contributed by atoms with Crippen LogP contribution in [-0.2, 0) is 0 Å². The Morgan fingerprint density at radius 2 is 1.30 bits per heavy atom. The number of pyridine rings is 1. The molecule has 0 saturated heterocycles. The Balaban J connectivity index is 1.19. The fraction of sp³-hybridized carbons (Fsp3) is 0. The van der Waals surface area contributed by atoms with Gasteiger partial charge in [-0.25, -0.2) is 0 Å². The predicted molar refractivity (Wildman–Crippen MR) is 188 cm³/mol. The second kappa shape index (κ2) is 10.3. The van der Waals surface area contributed by atoms with Crippen LogP contribution in [0.25, 0.3) is 38.9 Å². The van der Waals surface area contributed by atoms with Crippen molar-refractivity contribution in [2.45, 2.75) is 4.90 Å². The number of rotatable bonds is 4. The van der Waals surface area contributed by atoms with Crippen molar-refractivity contribution >= 4 is 69.2 Å². The van der Waals surface area contributed by atoms with Gasteiger partial charge in [0.05, 0.1) is 10.7 Å². The van der Waals surface area contributed by atoms with E-state index in [9.17, 15) is 0 Å². The topological polar surface area (TPSA) is 10.4 Å². The number of para-hydroxylation sites is 3. The van der Waals surface area contributed by atoms with Crippen molar-refractivity contribution in [3.63, 3.8) is 0 Å². The van der Waals surface area contributed by atoms with E-state index in [4.69, 9.17) is 0 Å². The Labute approximate surface area is 269 Å². The van der Waals surface area contributed by atoms with E-state index in [1.807, 2.05) is 66.7 Å². The standard InChI is InChI=1S/C39H26BF2N3S/c41-40(42)44-31(26-39-45(40)37-17-9-10-18-38(37)46-39)21-19-28-25-27(20-23-35(28)44)32-22-24-36(34-16-8-7-15-33(32)34)43(29-11-3-1-4-12-29)30-13-5-2-6-14-30/h1-26H. The summed E-state index contributed by atoms with van der Waals surface area (Å²) in [5, 5.41) is 3.52. The van der Waals surface area contributed by atoms with Crippen LogP contribution in [0.15, 0.2) is 162 Å². The molecular formula is C39H26BF2N3S. The van der Waals surface area contributed by atoms with E-state index in [1.165, 1.54) is 21.1 Å². The van der Waals surface area contributed by atoms with E-state index in [0.717, 1.165) is 49.2 Å². The molecule has 0 atom stereocenters. The van der Waals surface area contributed by atoms with Crippen molar-refractivity contribution in [2.24, 2.45) is 0 Å². The first-order chi connectivity index (χ1) is 22.6. The third kappa shape index (κ3) is 4.08. The highest BCUT2D eigenvalue weighted by Gasteiger charge is 2.55. The summed E-state index contributed by atoms with van der Waals surface area (Å²) >= 11 is 1.40. The lowest BCUT2D eigenvalue weighted by Crippen LogP contribution is -2.71. The Bertz CT molecular complexity index is 2300. The Kier molecular flexibility index (Phi) is 6.05. The highest BCUT2D eigenvalue weighted by atomic mass is 32.2. The minimum Gasteiger partial charge on any atom is -0.389 e. The molecule has 0 saturated carbocycles. The lowest BCUT2D eigenvalue weighted by Gasteiger charge is -2.36. The molecule has 9 rings (SSSR count). The molecule has 0 amide bonds. The van der Waals surface area contributed by atoms with Gasteiger partial charge in [-0.3, -0.25) is 0 Å². The summed E-state index contributed by atoms with van der Waals surface area (Å²) in [6, 6.07) is 50.5. The lowest BCUT2D eigenvalue weighted by atomic mass is 9.87.